The van der Waals surface area contributed by atoms with Crippen molar-refractivity contribution in [2.75, 3.05) is 7.11 Å². The van der Waals surface area contributed by atoms with Crippen LogP contribution in [0.5, 0.6) is 0 Å². The summed E-state index contributed by atoms with van der Waals surface area (Å²) in [6.07, 6.45) is -0.223. The summed E-state index contributed by atoms with van der Waals surface area (Å²) in [5.74, 6) is -1.68. The maximum Gasteiger partial charge on any atom is 0.340 e. The minimum atomic E-state index is -0.623. The number of halogens is 1. The van der Waals surface area contributed by atoms with Crippen LogP contribution in [0.1, 0.15) is 21.6 Å². The Hall–Kier alpha value is -4.06. The molecule has 0 saturated heterocycles. The third kappa shape index (κ3) is 4.34. The number of pyridine rings is 1. The van der Waals surface area contributed by atoms with E-state index in [1.54, 1.807) is 12.1 Å². The molecule has 3 aromatic carbocycles. The molecule has 0 fully saturated rings. The van der Waals surface area contributed by atoms with Crippen LogP contribution < -0.4 is 0 Å². The lowest BCUT2D eigenvalue weighted by atomic mass is 9.94. The number of carbonyl (C=O) groups is 2. The molecule has 0 aliphatic rings. The zero-order valence-corrected chi connectivity index (χ0v) is 17.4. The molecule has 0 aliphatic carbocycles. The van der Waals surface area contributed by atoms with E-state index in [9.17, 15) is 14.0 Å². The molecule has 0 amide bonds. The van der Waals surface area contributed by atoms with Gasteiger partial charge >= 0.3 is 11.9 Å². The summed E-state index contributed by atoms with van der Waals surface area (Å²) in [7, 11) is 1.29. The molecule has 5 nitrogen and oxygen atoms in total. The second kappa shape index (κ2) is 9.39. The van der Waals surface area contributed by atoms with Gasteiger partial charge in [0.25, 0.3) is 0 Å². The first-order chi connectivity index (χ1) is 15.6. The molecule has 0 radical (unpaired) electrons. The molecule has 1 aromatic heterocycles. The third-order valence-corrected chi connectivity index (χ3v) is 5.08. The molecule has 0 spiro atoms. The quantitative estimate of drug-likeness (QED) is 0.399. The normalized spacial score (nSPS) is 10.7. The predicted octanol–water partition coefficient (Wildman–Crippen LogP) is 5.11. The Morgan fingerprint density at radius 2 is 1.59 bits per heavy atom. The van der Waals surface area contributed by atoms with Crippen molar-refractivity contribution in [1.82, 2.24) is 4.98 Å². The fourth-order valence-corrected chi connectivity index (χ4v) is 3.59. The number of fused-ring (bicyclic) bond motifs is 1. The fraction of sp³-hybridized carbons (Fsp3) is 0.115. The van der Waals surface area contributed by atoms with E-state index in [1.807, 2.05) is 54.6 Å². The highest BCUT2D eigenvalue weighted by Crippen LogP contribution is 2.34. The Balaban J connectivity index is 1.75. The van der Waals surface area contributed by atoms with Crippen molar-refractivity contribution in [1.29, 1.82) is 0 Å². The van der Waals surface area contributed by atoms with E-state index in [4.69, 9.17) is 9.47 Å². The zero-order chi connectivity index (χ0) is 22.5. The van der Waals surface area contributed by atoms with Crippen molar-refractivity contribution >= 4 is 22.8 Å². The van der Waals surface area contributed by atoms with E-state index in [2.05, 4.69) is 4.98 Å². The number of nitrogens with zero attached hydrogens (tertiary/aromatic N) is 1. The first kappa shape index (κ1) is 21.2. The Labute approximate surface area is 184 Å². The van der Waals surface area contributed by atoms with Gasteiger partial charge in [0, 0.05) is 10.9 Å². The van der Waals surface area contributed by atoms with Gasteiger partial charge in [-0.1, -0.05) is 66.7 Å². The van der Waals surface area contributed by atoms with Crippen molar-refractivity contribution in [2.24, 2.45) is 0 Å². The number of carbonyl (C=O) groups excluding carboxylic acids is 2. The molecule has 160 valence electrons. The van der Waals surface area contributed by atoms with Gasteiger partial charge in [-0.2, -0.15) is 0 Å². The predicted molar refractivity (Wildman–Crippen MR) is 118 cm³/mol. The van der Waals surface area contributed by atoms with Gasteiger partial charge in [0.05, 0.1) is 30.3 Å². The average molecular weight is 429 g/mol. The molecule has 1 heterocycles. The highest BCUT2D eigenvalue weighted by atomic mass is 19.1. The molecule has 0 unspecified atom stereocenters. The number of aromatic nitrogens is 1. The number of para-hydroxylation sites is 1. The van der Waals surface area contributed by atoms with Crippen LogP contribution in [0.3, 0.4) is 0 Å². The van der Waals surface area contributed by atoms with Crippen molar-refractivity contribution in [2.45, 2.75) is 13.0 Å². The van der Waals surface area contributed by atoms with Crippen LogP contribution in [0, 0.1) is 5.82 Å². The highest BCUT2D eigenvalue weighted by Gasteiger charge is 2.24. The van der Waals surface area contributed by atoms with Crippen molar-refractivity contribution in [3.63, 3.8) is 0 Å². The van der Waals surface area contributed by atoms with E-state index in [0.717, 1.165) is 10.9 Å². The Bertz CT molecular complexity index is 1290. The maximum absolute atomic E-state index is 13.9. The molecule has 0 N–H and O–H groups in total. The van der Waals surface area contributed by atoms with Gasteiger partial charge in [0.1, 0.15) is 12.4 Å². The average Bonchev–Trinajstić information content (AvgIpc) is 2.83. The van der Waals surface area contributed by atoms with Gasteiger partial charge in [-0.15, -0.1) is 0 Å². The van der Waals surface area contributed by atoms with E-state index < -0.39 is 17.8 Å². The number of hydrogen-bond donors (Lipinski definition) is 0. The van der Waals surface area contributed by atoms with Crippen molar-refractivity contribution < 1.29 is 23.5 Å². The lowest BCUT2D eigenvalue weighted by molar-refractivity contribution is -0.144. The fourth-order valence-electron chi connectivity index (χ4n) is 3.59. The lowest BCUT2D eigenvalue weighted by Gasteiger charge is -2.16. The smallest absolute Gasteiger partial charge is 0.340 e. The van der Waals surface area contributed by atoms with E-state index >= 15 is 0 Å². The van der Waals surface area contributed by atoms with Crippen LogP contribution >= 0.6 is 0 Å². The molecule has 4 aromatic rings. The molecule has 0 aliphatic heterocycles. The minimum Gasteiger partial charge on any atom is -0.465 e. The molecule has 0 atom stereocenters. The van der Waals surface area contributed by atoms with Crippen LogP contribution in [0.4, 0.5) is 4.39 Å². The van der Waals surface area contributed by atoms with Crippen LogP contribution in [0.2, 0.25) is 0 Å². The lowest BCUT2D eigenvalue weighted by Crippen LogP contribution is -2.15. The Morgan fingerprint density at radius 3 is 2.34 bits per heavy atom. The summed E-state index contributed by atoms with van der Waals surface area (Å²) in [5.41, 5.74) is 2.86. The number of rotatable bonds is 6. The Kier molecular flexibility index (Phi) is 6.22. The summed E-state index contributed by atoms with van der Waals surface area (Å²) in [5, 5.41) is 0.778. The molecule has 0 bridgehead atoms. The van der Waals surface area contributed by atoms with E-state index in [0.29, 0.717) is 11.1 Å². The van der Waals surface area contributed by atoms with Crippen molar-refractivity contribution in [3.05, 3.63) is 102 Å². The van der Waals surface area contributed by atoms with E-state index in [-0.39, 0.29) is 29.8 Å². The minimum absolute atomic E-state index is 0.223. The largest absolute Gasteiger partial charge is 0.465 e. The van der Waals surface area contributed by atoms with Gasteiger partial charge in [-0.3, -0.25) is 4.79 Å². The SMILES string of the molecule is COC(=O)c1c(COC(=O)Cc2ccccc2F)nc2ccccc2c1-c1ccccc1. The maximum atomic E-state index is 13.9. The summed E-state index contributed by atoms with van der Waals surface area (Å²) >= 11 is 0. The molecule has 4 rings (SSSR count). The van der Waals surface area contributed by atoms with Crippen LogP contribution in [-0.2, 0) is 27.3 Å². The summed E-state index contributed by atoms with van der Waals surface area (Å²) in [4.78, 5) is 29.7. The number of ether oxygens (including phenoxy) is 2. The zero-order valence-electron chi connectivity index (χ0n) is 17.4. The van der Waals surface area contributed by atoms with Crippen LogP contribution in [-0.4, -0.2) is 24.0 Å². The highest BCUT2D eigenvalue weighted by molar-refractivity contribution is 6.07. The first-order valence-corrected chi connectivity index (χ1v) is 10.0. The third-order valence-electron chi connectivity index (χ3n) is 5.08. The van der Waals surface area contributed by atoms with Gasteiger partial charge in [0.15, 0.2) is 0 Å². The number of esters is 2. The topological polar surface area (TPSA) is 65.5 Å². The summed E-state index contributed by atoms with van der Waals surface area (Å²) in [6.45, 7) is -0.248. The molecule has 0 saturated carbocycles. The number of methoxy groups -OCH3 is 1. The number of benzene rings is 3. The standard InChI is InChI=1S/C26H20FNO4/c1-31-26(30)25-22(16-32-23(29)15-18-11-5-7-13-20(18)27)28-21-14-8-6-12-19(21)24(25)17-9-3-2-4-10-17/h2-14H,15-16H2,1H3. The first-order valence-electron chi connectivity index (χ1n) is 10.0. The molecular weight excluding hydrogens is 409 g/mol. The van der Waals surface area contributed by atoms with Crippen LogP contribution in [0.15, 0.2) is 78.9 Å². The monoisotopic (exact) mass is 429 g/mol. The van der Waals surface area contributed by atoms with Gasteiger partial charge in [-0.05, 0) is 23.3 Å². The van der Waals surface area contributed by atoms with Gasteiger partial charge in [0.2, 0.25) is 0 Å². The summed E-state index contributed by atoms with van der Waals surface area (Å²) < 4.78 is 24.3. The second-order valence-electron chi connectivity index (χ2n) is 7.11. The second-order valence-corrected chi connectivity index (χ2v) is 7.11. The number of hydrogen-bond acceptors (Lipinski definition) is 5. The molecule has 6 heteroatoms. The molecule has 32 heavy (non-hydrogen) atoms. The van der Waals surface area contributed by atoms with Crippen LogP contribution in [0.25, 0.3) is 22.0 Å². The van der Waals surface area contributed by atoms with Gasteiger partial charge in [-0.25, -0.2) is 14.2 Å². The summed E-state index contributed by atoms with van der Waals surface area (Å²) in [6, 6.07) is 22.8. The molecular formula is C26H20FNO4. The van der Waals surface area contributed by atoms with Crippen molar-refractivity contribution in [3.8, 4) is 11.1 Å². The Morgan fingerprint density at radius 1 is 0.906 bits per heavy atom. The van der Waals surface area contributed by atoms with Gasteiger partial charge < -0.3 is 9.47 Å². The van der Waals surface area contributed by atoms with E-state index in [1.165, 1.54) is 19.2 Å².